The molecule has 1 aromatic rings. The lowest BCUT2D eigenvalue weighted by Crippen LogP contribution is -2.38. The lowest BCUT2D eigenvalue weighted by atomic mass is 9.63. The third-order valence-electron chi connectivity index (χ3n) is 5.60. The van der Waals surface area contributed by atoms with Crippen molar-refractivity contribution < 1.29 is 19.1 Å². The van der Waals surface area contributed by atoms with Gasteiger partial charge in [-0.05, 0) is 55.9 Å². The number of ether oxygens (including phenoxy) is 1. The molecule has 1 N–H and O–H groups in total. The van der Waals surface area contributed by atoms with Crippen LogP contribution in [0.2, 0.25) is 0 Å². The quantitative estimate of drug-likeness (QED) is 0.650. The molecule has 26 heavy (non-hydrogen) atoms. The van der Waals surface area contributed by atoms with Gasteiger partial charge in [-0.2, -0.15) is 0 Å². The summed E-state index contributed by atoms with van der Waals surface area (Å²) in [5, 5.41) is 2.74. The van der Waals surface area contributed by atoms with Gasteiger partial charge in [0.15, 0.2) is 0 Å². The predicted octanol–water partition coefficient (Wildman–Crippen LogP) is 2.22. The maximum absolute atomic E-state index is 12.7. The molecular weight excluding hydrogens is 332 g/mol. The second-order valence-corrected chi connectivity index (χ2v) is 7.11. The van der Waals surface area contributed by atoms with Gasteiger partial charge in [-0.3, -0.25) is 19.3 Å². The highest BCUT2D eigenvalue weighted by Gasteiger charge is 2.56. The van der Waals surface area contributed by atoms with Gasteiger partial charge in [0.1, 0.15) is 12.3 Å². The molecule has 4 aliphatic rings. The number of anilines is 1. The number of carbonyl (C=O) groups is 3. The van der Waals surface area contributed by atoms with Crippen molar-refractivity contribution in [3.8, 4) is 5.75 Å². The van der Waals surface area contributed by atoms with E-state index in [1.54, 1.807) is 24.3 Å². The zero-order valence-electron chi connectivity index (χ0n) is 14.7. The largest absolute Gasteiger partial charge is 0.494 e. The summed E-state index contributed by atoms with van der Waals surface area (Å²) in [5.74, 6) is -0.297. The minimum atomic E-state index is -0.366. The molecule has 3 aliphatic carbocycles. The molecule has 1 aliphatic heterocycles. The second-order valence-electron chi connectivity index (χ2n) is 7.11. The van der Waals surface area contributed by atoms with E-state index in [0.29, 0.717) is 12.3 Å². The van der Waals surface area contributed by atoms with Crippen molar-refractivity contribution in [2.24, 2.45) is 23.7 Å². The summed E-state index contributed by atoms with van der Waals surface area (Å²) in [6.07, 6.45) is 6.05. The number of hydrogen-bond acceptors (Lipinski definition) is 4. The van der Waals surface area contributed by atoms with Crippen LogP contribution in [0.15, 0.2) is 36.4 Å². The van der Waals surface area contributed by atoms with Crippen LogP contribution in [-0.4, -0.2) is 35.8 Å². The molecular formula is C20H22N2O4. The maximum atomic E-state index is 12.7. The van der Waals surface area contributed by atoms with Crippen molar-refractivity contribution in [3.05, 3.63) is 36.4 Å². The van der Waals surface area contributed by atoms with Crippen molar-refractivity contribution in [1.82, 2.24) is 4.90 Å². The molecule has 1 saturated carbocycles. The first-order valence-electron chi connectivity index (χ1n) is 9.14. The van der Waals surface area contributed by atoms with E-state index in [4.69, 9.17) is 4.74 Å². The number of imide groups is 1. The zero-order chi connectivity index (χ0) is 18.3. The Hall–Kier alpha value is -2.63. The van der Waals surface area contributed by atoms with E-state index >= 15 is 0 Å². The first kappa shape index (κ1) is 16.8. The number of carbonyl (C=O) groups excluding carboxylic acids is 3. The molecule has 0 aromatic heterocycles. The summed E-state index contributed by atoms with van der Waals surface area (Å²) in [6.45, 7) is 2.25. The van der Waals surface area contributed by atoms with E-state index in [1.165, 1.54) is 0 Å². The minimum absolute atomic E-state index is 0.139. The first-order chi connectivity index (χ1) is 12.6. The number of allylic oxidation sites excluding steroid dienone is 2. The number of rotatable bonds is 5. The fourth-order valence-corrected chi connectivity index (χ4v) is 4.44. The summed E-state index contributed by atoms with van der Waals surface area (Å²) in [7, 11) is 0. The van der Waals surface area contributed by atoms with Crippen LogP contribution >= 0.6 is 0 Å². The van der Waals surface area contributed by atoms with Crippen molar-refractivity contribution in [3.63, 3.8) is 0 Å². The molecule has 0 spiro atoms. The van der Waals surface area contributed by atoms with Crippen molar-refractivity contribution in [1.29, 1.82) is 0 Å². The Labute approximate surface area is 152 Å². The molecule has 3 amide bonds. The number of fused-ring (bicyclic) bond motifs is 1. The highest BCUT2D eigenvalue weighted by molar-refractivity contribution is 6.09. The molecule has 4 atom stereocenters. The third kappa shape index (κ3) is 2.79. The minimum Gasteiger partial charge on any atom is -0.494 e. The van der Waals surface area contributed by atoms with E-state index < -0.39 is 0 Å². The van der Waals surface area contributed by atoms with Gasteiger partial charge in [0.2, 0.25) is 17.7 Å². The molecule has 2 bridgehead atoms. The third-order valence-corrected chi connectivity index (χ3v) is 5.60. The smallest absolute Gasteiger partial charge is 0.244 e. The van der Waals surface area contributed by atoms with Crippen molar-refractivity contribution >= 4 is 23.4 Å². The van der Waals surface area contributed by atoms with Crippen LogP contribution in [0.1, 0.15) is 19.8 Å². The summed E-state index contributed by atoms with van der Waals surface area (Å²) in [4.78, 5) is 38.9. The van der Waals surface area contributed by atoms with E-state index in [2.05, 4.69) is 17.5 Å². The Morgan fingerprint density at radius 2 is 1.65 bits per heavy atom. The number of amides is 3. The Bertz CT molecular complexity index is 739. The Kier molecular flexibility index (Phi) is 4.26. The highest BCUT2D eigenvalue weighted by Crippen LogP contribution is 2.49. The van der Waals surface area contributed by atoms with Crippen LogP contribution in [0.5, 0.6) is 5.75 Å². The van der Waals surface area contributed by atoms with Gasteiger partial charge in [-0.1, -0.05) is 12.2 Å². The predicted molar refractivity (Wildman–Crippen MR) is 95.3 cm³/mol. The zero-order valence-corrected chi connectivity index (χ0v) is 14.7. The van der Waals surface area contributed by atoms with Crippen LogP contribution in [0, 0.1) is 23.7 Å². The average molecular weight is 354 g/mol. The Balaban J connectivity index is 1.42. The summed E-state index contributed by atoms with van der Waals surface area (Å²) >= 11 is 0. The van der Waals surface area contributed by atoms with Gasteiger partial charge in [0.25, 0.3) is 0 Å². The lowest BCUT2D eigenvalue weighted by molar-refractivity contribution is -0.142. The summed E-state index contributed by atoms with van der Waals surface area (Å²) in [5.41, 5.74) is 0.608. The normalized spacial score (nSPS) is 29.0. The lowest BCUT2D eigenvalue weighted by Gasteiger charge is -2.38. The van der Waals surface area contributed by atoms with E-state index in [0.717, 1.165) is 23.5 Å². The van der Waals surface area contributed by atoms with Crippen LogP contribution in [-0.2, 0) is 14.4 Å². The first-order valence-corrected chi connectivity index (χ1v) is 9.14. The van der Waals surface area contributed by atoms with Gasteiger partial charge >= 0.3 is 0 Å². The number of likely N-dealkylation sites (tertiary alicyclic amines) is 1. The van der Waals surface area contributed by atoms with Crippen molar-refractivity contribution in [2.75, 3.05) is 18.5 Å². The molecule has 1 heterocycles. The summed E-state index contributed by atoms with van der Waals surface area (Å²) < 4.78 is 5.37. The standard InChI is InChI=1S/C20H22N2O4/c1-2-26-15-9-7-14(8-10-15)21-16(23)11-22-19(24)17-12-3-4-13(6-5-12)18(17)20(22)25/h3-4,7-10,12-13,17-18H,2,5-6,11H2,1H3,(H,21,23). The number of benzene rings is 1. The molecule has 136 valence electrons. The van der Waals surface area contributed by atoms with E-state index in [1.807, 2.05) is 6.92 Å². The number of nitrogens with zero attached hydrogens (tertiary/aromatic N) is 1. The Morgan fingerprint density at radius 3 is 2.15 bits per heavy atom. The Morgan fingerprint density at radius 1 is 1.08 bits per heavy atom. The van der Waals surface area contributed by atoms with Crippen molar-refractivity contribution in [2.45, 2.75) is 19.8 Å². The fourth-order valence-electron chi connectivity index (χ4n) is 4.44. The summed E-state index contributed by atoms with van der Waals surface area (Å²) in [6, 6.07) is 7.01. The topological polar surface area (TPSA) is 75.7 Å². The van der Waals surface area contributed by atoms with E-state index in [9.17, 15) is 14.4 Å². The number of hydrogen-bond donors (Lipinski definition) is 1. The van der Waals surface area contributed by atoms with Crippen LogP contribution < -0.4 is 10.1 Å². The highest BCUT2D eigenvalue weighted by atomic mass is 16.5. The molecule has 1 saturated heterocycles. The molecule has 0 radical (unpaired) electrons. The fraction of sp³-hybridized carbons (Fsp3) is 0.450. The van der Waals surface area contributed by atoms with Gasteiger partial charge < -0.3 is 10.1 Å². The number of nitrogens with one attached hydrogen (secondary N) is 1. The van der Waals surface area contributed by atoms with Gasteiger partial charge in [-0.25, -0.2) is 0 Å². The van der Waals surface area contributed by atoms with Gasteiger partial charge in [0.05, 0.1) is 18.4 Å². The van der Waals surface area contributed by atoms with Gasteiger partial charge in [-0.15, -0.1) is 0 Å². The second kappa shape index (κ2) is 6.59. The maximum Gasteiger partial charge on any atom is 0.244 e. The van der Waals surface area contributed by atoms with Gasteiger partial charge in [0, 0.05) is 5.69 Å². The SMILES string of the molecule is CCOc1ccc(NC(=O)CN2C(=O)C3C4C=CC(CC4)C3C2=O)cc1. The van der Waals surface area contributed by atoms with Crippen LogP contribution in [0.3, 0.4) is 0 Å². The van der Waals surface area contributed by atoms with Crippen LogP contribution in [0.25, 0.3) is 0 Å². The molecule has 1 aromatic carbocycles. The molecule has 4 unspecified atom stereocenters. The van der Waals surface area contributed by atoms with E-state index in [-0.39, 0.29) is 47.9 Å². The average Bonchev–Trinajstić information content (AvgIpc) is 2.92. The van der Waals surface area contributed by atoms with Crippen LogP contribution in [0.4, 0.5) is 5.69 Å². The molecule has 5 rings (SSSR count). The molecule has 2 fully saturated rings. The molecule has 6 heteroatoms. The monoisotopic (exact) mass is 354 g/mol. The molecule has 6 nitrogen and oxygen atoms in total.